The quantitative estimate of drug-likeness (QED) is 0.0848. The predicted octanol–water partition coefficient (Wildman–Crippen LogP) is 25.5. The van der Waals surface area contributed by atoms with Crippen molar-refractivity contribution in [3.05, 3.63) is 319 Å². The van der Waals surface area contributed by atoms with Crippen LogP contribution in [0.3, 0.4) is 0 Å². The van der Waals surface area contributed by atoms with Crippen LogP contribution < -0.4 is 5.46 Å². The van der Waals surface area contributed by atoms with Crippen LogP contribution in [0, 0.1) is 0 Å². The minimum absolute atomic E-state index is 0.182. The Morgan fingerprint density at radius 3 is 0.714 bits per heavy atom. The summed E-state index contributed by atoms with van der Waals surface area (Å²) in [7, 11) is -0.354. The van der Waals surface area contributed by atoms with Gasteiger partial charge in [0, 0.05) is 38.9 Å². The summed E-state index contributed by atoms with van der Waals surface area (Å²) in [5.41, 5.74) is 24.6. The molecule has 0 bridgehead atoms. The smallest absolute Gasteiger partial charge is 0.436 e. The highest BCUT2D eigenvalue weighted by Gasteiger charge is 2.51. The molecule has 1 aliphatic heterocycles. The number of benzene rings is 12. The van der Waals surface area contributed by atoms with E-state index >= 15 is 0 Å². The number of hydrogen-bond acceptors (Lipinski definition) is 12. The van der Waals surface area contributed by atoms with Gasteiger partial charge in [0.05, 0.1) is 11.2 Å². The van der Waals surface area contributed by atoms with Crippen molar-refractivity contribution in [3.63, 3.8) is 0 Å². The second kappa shape index (κ2) is 32.4. The van der Waals surface area contributed by atoms with Crippen molar-refractivity contribution >= 4 is 46.4 Å². The van der Waals surface area contributed by atoms with Gasteiger partial charge in [-0.05, 0) is 184 Å². The molecule has 1 aliphatic rings. The monoisotopic (exact) mass is 1490 g/mol. The lowest BCUT2D eigenvalue weighted by Crippen LogP contribution is -2.41. The molecule has 1 saturated heterocycles. The zero-order chi connectivity index (χ0) is 77.8. The third-order valence-electron chi connectivity index (χ3n) is 21.1. The number of para-hydroxylation sites is 4. The maximum Gasteiger partial charge on any atom is 0.494 e. The molecule has 17 rings (SSSR count). The molecule has 0 atom stereocenters. The van der Waals surface area contributed by atoms with Crippen molar-refractivity contribution in [1.29, 1.82) is 0 Å². The van der Waals surface area contributed by atoms with Gasteiger partial charge >= 0.3 is 7.12 Å². The summed E-state index contributed by atoms with van der Waals surface area (Å²) in [6, 6.07) is 100. The van der Waals surface area contributed by atoms with Crippen LogP contribution in [0.25, 0.3) is 147 Å². The van der Waals surface area contributed by atoms with E-state index in [1.54, 1.807) is 0 Å². The molecule has 0 aliphatic carbocycles. The maximum atomic E-state index is 6.32. The topological polar surface area (TPSA) is 148 Å². The second-order valence-corrected chi connectivity index (χ2v) is 31.1. The number of aromatic nitrogens is 8. The van der Waals surface area contributed by atoms with E-state index < -0.39 is 0 Å². The molecule has 112 heavy (non-hydrogen) atoms. The third kappa shape index (κ3) is 16.9. The summed E-state index contributed by atoms with van der Waals surface area (Å²) < 4.78 is 24.0. The summed E-state index contributed by atoms with van der Waals surface area (Å²) >= 11 is 6.32. The molecule has 4 aromatic heterocycles. The Morgan fingerprint density at radius 1 is 0.250 bits per heavy atom. The SMILES string of the molecule is CC(C)c1ccc(-c2ccc(-c3nc(-c4ccc(-c5ccc(C(C)C)cc5)cc4)nc(-c4ccc(-c5nc6ccccc6o5)cc4)n3)cc2)cc1.CC(C)c1ccc(-c2ccc(-c3nc(Cl)nc(-c4ccc(-c5ccc(C(C)C)cc5)cc4)n3)cc2)cc1.CC1(C)OB(c2ccc(-c3nc4ccccc4o3)cc2)OC1(C)C. The van der Waals surface area contributed by atoms with E-state index in [4.69, 9.17) is 49.7 Å². The van der Waals surface area contributed by atoms with Crippen molar-refractivity contribution in [1.82, 2.24) is 39.9 Å². The van der Waals surface area contributed by atoms with Crippen LogP contribution in [0.15, 0.2) is 300 Å². The van der Waals surface area contributed by atoms with E-state index in [-0.39, 0.29) is 23.6 Å². The standard InChI is InChI=1S/C46H38N4O.C33H30ClN3.C19H20BNO3/c1-29(2)31-9-13-33(14-10-31)35-17-21-37(22-18-35)43-48-44(38-23-19-36(20-24-38)34-15-11-32(12-16-34)30(3)4)50-45(49-43)39-25-27-40(28-26-39)46-47-41-7-5-6-8-42(41)51-46;1-21(2)23-5-9-25(10-6-23)27-13-17-29(18-14-27)31-35-32(37-33(34)36-31)30-19-15-28(16-20-30)26-11-7-24(8-12-26)22(3)4;1-18(2)19(3,4)24-20(23-18)14-11-9-13(10-12-14)17-21-15-7-5-6-8-16(15)22-17/h5-30H,1-4H3;5-22H,1-4H3;5-12H,1-4H3. The number of oxazole rings is 2. The predicted molar refractivity (Wildman–Crippen MR) is 458 cm³/mol. The fourth-order valence-electron chi connectivity index (χ4n) is 13.4. The average molecular weight is 1490 g/mol. The lowest BCUT2D eigenvalue weighted by atomic mass is 9.79. The molecule has 1 fully saturated rings. The summed E-state index contributed by atoms with van der Waals surface area (Å²) in [4.78, 5) is 37.7. The first-order valence-corrected chi connectivity index (χ1v) is 38.8. The Kier molecular flexibility index (Phi) is 21.8. The fraction of sp³-hybridized carbons (Fsp3) is 0.184. The second-order valence-electron chi connectivity index (χ2n) is 30.7. The van der Waals surface area contributed by atoms with Crippen LogP contribution in [-0.4, -0.2) is 58.2 Å². The minimum atomic E-state index is -0.354. The Labute approximate surface area is 661 Å². The van der Waals surface area contributed by atoms with Crippen LogP contribution in [0.4, 0.5) is 0 Å². The van der Waals surface area contributed by atoms with Crippen molar-refractivity contribution in [2.75, 3.05) is 0 Å². The number of hydrogen-bond donors (Lipinski definition) is 0. The molecular formula is C98H88BClN8O4. The van der Waals surface area contributed by atoms with Crippen LogP contribution in [-0.2, 0) is 9.31 Å². The highest BCUT2D eigenvalue weighted by atomic mass is 35.5. The molecule has 0 unspecified atom stereocenters. The van der Waals surface area contributed by atoms with E-state index in [0.29, 0.717) is 64.6 Å². The van der Waals surface area contributed by atoms with E-state index in [1.165, 1.54) is 44.5 Å². The largest absolute Gasteiger partial charge is 0.494 e. The summed E-state index contributed by atoms with van der Waals surface area (Å²) in [6.45, 7) is 25.9. The van der Waals surface area contributed by atoms with Crippen LogP contribution in [0.5, 0.6) is 0 Å². The molecule has 0 spiro atoms. The van der Waals surface area contributed by atoms with Gasteiger partial charge in [-0.3, -0.25) is 0 Å². The molecule has 5 heterocycles. The first-order valence-electron chi connectivity index (χ1n) is 38.4. The van der Waals surface area contributed by atoms with Gasteiger partial charge in [-0.2, -0.15) is 9.97 Å². The van der Waals surface area contributed by atoms with Crippen molar-refractivity contribution in [2.24, 2.45) is 0 Å². The first-order chi connectivity index (χ1) is 54.1. The van der Waals surface area contributed by atoms with Crippen LogP contribution in [0.1, 0.15) is 129 Å². The van der Waals surface area contributed by atoms with E-state index in [9.17, 15) is 0 Å². The Morgan fingerprint density at radius 2 is 0.464 bits per heavy atom. The minimum Gasteiger partial charge on any atom is -0.436 e. The van der Waals surface area contributed by atoms with E-state index in [1.807, 2.05) is 121 Å². The maximum absolute atomic E-state index is 6.32. The fourth-order valence-corrected chi connectivity index (χ4v) is 13.5. The molecule has 14 heteroatoms. The third-order valence-corrected chi connectivity index (χ3v) is 21.3. The molecule has 12 nitrogen and oxygen atoms in total. The Hall–Kier alpha value is -12.1. The summed E-state index contributed by atoms with van der Waals surface area (Å²) in [5, 5.41) is 0.182. The number of rotatable bonds is 16. The lowest BCUT2D eigenvalue weighted by molar-refractivity contribution is 0.00578. The van der Waals surface area contributed by atoms with Gasteiger partial charge in [0.15, 0.2) is 40.3 Å². The van der Waals surface area contributed by atoms with E-state index in [2.05, 4.69) is 273 Å². The number of nitrogens with zero attached hydrogens (tertiary/aromatic N) is 8. The van der Waals surface area contributed by atoms with Crippen molar-refractivity contribution in [3.8, 4) is 124 Å². The summed E-state index contributed by atoms with van der Waals surface area (Å²) in [6.07, 6.45) is 0. The molecular weight excluding hydrogens is 1400 g/mol. The van der Waals surface area contributed by atoms with Gasteiger partial charge in [-0.1, -0.05) is 298 Å². The lowest BCUT2D eigenvalue weighted by Gasteiger charge is -2.32. The van der Waals surface area contributed by atoms with Gasteiger partial charge in [0.2, 0.25) is 17.1 Å². The number of halogens is 1. The van der Waals surface area contributed by atoms with Gasteiger partial charge in [-0.25, -0.2) is 29.9 Å². The highest BCUT2D eigenvalue weighted by molar-refractivity contribution is 6.62. The highest BCUT2D eigenvalue weighted by Crippen LogP contribution is 2.39. The molecule has 0 amide bonds. The molecule has 0 radical (unpaired) electrons. The molecule has 0 N–H and O–H groups in total. The number of fused-ring (bicyclic) bond motifs is 2. The zero-order valence-corrected chi connectivity index (χ0v) is 65.9. The Balaban J connectivity index is 0.000000142. The van der Waals surface area contributed by atoms with Crippen LogP contribution in [0.2, 0.25) is 5.28 Å². The van der Waals surface area contributed by atoms with Crippen molar-refractivity contribution in [2.45, 2.75) is 118 Å². The van der Waals surface area contributed by atoms with Gasteiger partial charge in [0.25, 0.3) is 0 Å². The van der Waals surface area contributed by atoms with Gasteiger partial charge < -0.3 is 18.1 Å². The normalized spacial score (nSPS) is 13.1. The van der Waals surface area contributed by atoms with Gasteiger partial charge in [-0.15, -0.1) is 0 Å². The molecule has 0 saturated carbocycles. The molecule has 16 aromatic rings. The zero-order valence-electron chi connectivity index (χ0n) is 65.2. The van der Waals surface area contributed by atoms with Crippen LogP contribution >= 0.6 is 11.6 Å². The van der Waals surface area contributed by atoms with Crippen molar-refractivity contribution < 1.29 is 18.1 Å². The molecule has 554 valence electrons. The van der Waals surface area contributed by atoms with Gasteiger partial charge in [0.1, 0.15) is 11.0 Å². The first kappa shape index (κ1) is 75.3. The van der Waals surface area contributed by atoms with E-state index in [0.717, 1.165) is 88.9 Å². The summed E-state index contributed by atoms with van der Waals surface area (Å²) in [5.74, 6) is 6.20. The average Bonchev–Trinajstić information content (AvgIpc) is 1.67. The molecule has 12 aromatic carbocycles. The Bertz CT molecular complexity index is 5600.